The molecule has 0 aliphatic heterocycles. The first-order valence-corrected chi connectivity index (χ1v) is 6.97. The molecule has 0 atom stereocenters. The minimum absolute atomic E-state index is 0.00618. The smallest absolute Gasteiger partial charge is 0.382 e. The lowest BCUT2D eigenvalue weighted by Crippen LogP contribution is -1.99. The third-order valence-corrected chi connectivity index (χ3v) is 3.72. The van der Waals surface area contributed by atoms with Crippen molar-refractivity contribution >= 4 is 11.0 Å². The summed E-state index contributed by atoms with van der Waals surface area (Å²) in [6, 6.07) is 7.69. The lowest BCUT2D eigenvalue weighted by Gasteiger charge is -2.10. The SMILES string of the molecule is COc1cc(Cc2ccc3oc(=O)c(O)c(O)c3c2O)ccc1O. The molecule has 0 fully saturated rings. The second kappa shape index (κ2) is 5.69. The Morgan fingerprint density at radius 2 is 1.75 bits per heavy atom. The highest BCUT2D eigenvalue weighted by Gasteiger charge is 2.18. The number of fused-ring (bicyclic) bond motifs is 1. The average Bonchev–Trinajstić information content (AvgIpc) is 2.56. The van der Waals surface area contributed by atoms with Crippen LogP contribution in [0.2, 0.25) is 0 Å². The summed E-state index contributed by atoms with van der Waals surface area (Å²) in [4.78, 5) is 11.3. The first-order chi connectivity index (χ1) is 11.4. The lowest BCUT2D eigenvalue weighted by atomic mass is 10.0. The largest absolute Gasteiger partial charge is 0.507 e. The number of hydrogen-bond donors (Lipinski definition) is 4. The topological polar surface area (TPSA) is 120 Å². The number of ether oxygens (including phenoxy) is 1. The van der Waals surface area contributed by atoms with Crippen LogP contribution in [0.5, 0.6) is 28.7 Å². The molecule has 0 unspecified atom stereocenters. The lowest BCUT2D eigenvalue weighted by molar-refractivity contribution is 0.373. The molecule has 7 heteroatoms. The van der Waals surface area contributed by atoms with E-state index in [2.05, 4.69) is 0 Å². The Bertz CT molecular complexity index is 988. The van der Waals surface area contributed by atoms with E-state index in [1.807, 2.05) is 0 Å². The summed E-state index contributed by atoms with van der Waals surface area (Å²) in [7, 11) is 1.43. The van der Waals surface area contributed by atoms with E-state index >= 15 is 0 Å². The Labute approximate surface area is 135 Å². The van der Waals surface area contributed by atoms with Gasteiger partial charge >= 0.3 is 5.63 Å². The van der Waals surface area contributed by atoms with Crippen molar-refractivity contribution in [2.75, 3.05) is 7.11 Å². The van der Waals surface area contributed by atoms with Gasteiger partial charge in [-0.05, 0) is 29.3 Å². The van der Waals surface area contributed by atoms with Crippen LogP contribution in [-0.2, 0) is 6.42 Å². The number of aromatic hydroxyl groups is 4. The van der Waals surface area contributed by atoms with Gasteiger partial charge in [0.1, 0.15) is 16.7 Å². The molecule has 0 amide bonds. The maximum Gasteiger partial charge on any atom is 0.382 e. The Kier molecular flexibility index (Phi) is 3.69. The van der Waals surface area contributed by atoms with Crippen LogP contribution in [0, 0.1) is 0 Å². The van der Waals surface area contributed by atoms with E-state index in [1.54, 1.807) is 12.1 Å². The van der Waals surface area contributed by atoms with E-state index in [1.165, 1.54) is 25.3 Å². The van der Waals surface area contributed by atoms with Gasteiger partial charge in [0.2, 0.25) is 5.75 Å². The number of phenolic OH excluding ortho intramolecular Hbond substituents is 2. The van der Waals surface area contributed by atoms with Gasteiger partial charge in [-0.15, -0.1) is 0 Å². The van der Waals surface area contributed by atoms with E-state index < -0.39 is 17.1 Å². The molecule has 0 saturated heterocycles. The molecular weight excluding hydrogens is 316 g/mol. The average molecular weight is 330 g/mol. The molecule has 4 N–H and O–H groups in total. The fourth-order valence-electron chi connectivity index (χ4n) is 2.49. The van der Waals surface area contributed by atoms with Crippen LogP contribution in [0.3, 0.4) is 0 Å². The van der Waals surface area contributed by atoms with E-state index in [0.717, 1.165) is 5.56 Å². The van der Waals surface area contributed by atoms with Gasteiger partial charge in [0.25, 0.3) is 0 Å². The van der Waals surface area contributed by atoms with Crippen LogP contribution in [0.15, 0.2) is 39.5 Å². The summed E-state index contributed by atoms with van der Waals surface area (Å²) in [6.45, 7) is 0. The molecule has 1 aromatic heterocycles. The highest BCUT2D eigenvalue weighted by molar-refractivity contribution is 5.92. The number of phenols is 2. The molecule has 0 saturated carbocycles. The summed E-state index contributed by atoms with van der Waals surface area (Å²) in [5.74, 6) is -1.71. The van der Waals surface area contributed by atoms with Gasteiger partial charge in [-0.25, -0.2) is 4.79 Å². The van der Waals surface area contributed by atoms with Gasteiger partial charge in [-0.3, -0.25) is 0 Å². The number of hydrogen-bond acceptors (Lipinski definition) is 7. The first kappa shape index (κ1) is 15.5. The van der Waals surface area contributed by atoms with Crippen molar-refractivity contribution in [3.8, 4) is 28.7 Å². The van der Waals surface area contributed by atoms with Crippen molar-refractivity contribution in [3.05, 3.63) is 51.9 Å². The zero-order valence-corrected chi connectivity index (χ0v) is 12.6. The standard InChI is InChI=1S/C17H14O7/c1-23-12-7-8(2-4-10(12)18)6-9-3-5-11-13(14(9)19)15(20)16(21)17(22)24-11/h2-5,7,18-21H,6H2,1H3. The minimum atomic E-state index is -1.09. The maximum atomic E-state index is 11.3. The third kappa shape index (κ3) is 2.45. The fraction of sp³-hybridized carbons (Fsp3) is 0.118. The molecule has 7 nitrogen and oxygen atoms in total. The van der Waals surface area contributed by atoms with Crippen molar-refractivity contribution in [3.63, 3.8) is 0 Å². The van der Waals surface area contributed by atoms with Gasteiger partial charge in [-0.1, -0.05) is 12.1 Å². The van der Waals surface area contributed by atoms with Crippen LogP contribution in [-0.4, -0.2) is 27.5 Å². The van der Waals surface area contributed by atoms with Crippen molar-refractivity contribution < 1.29 is 29.6 Å². The minimum Gasteiger partial charge on any atom is -0.507 e. The third-order valence-electron chi connectivity index (χ3n) is 3.72. The molecule has 2 aromatic carbocycles. The summed E-state index contributed by atoms with van der Waals surface area (Å²) >= 11 is 0. The van der Waals surface area contributed by atoms with Crippen molar-refractivity contribution in [1.29, 1.82) is 0 Å². The molecule has 3 aromatic rings. The number of rotatable bonds is 3. The molecule has 0 aliphatic rings. The molecule has 0 radical (unpaired) electrons. The normalized spacial score (nSPS) is 10.9. The molecule has 0 spiro atoms. The summed E-state index contributed by atoms with van der Waals surface area (Å²) in [5.41, 5.74) is 0.0365. The molecule has 24 heavy (non-hydrogen) atoms. The summed E-state index contributed by atoms with van der Waals surface area (Å²) < 4.78 is 9.87. The number of benzene rings is 2. The Morgan fingerprint density at radius 3 is 2.46 bits per heavy atom. The quantitative estimate of drug-likeness (QED) is 0.543. The summed E-state index contributed by atoms with van der Waals surface area (Å²) in [5, 5.41) is 39.2. The van der Waals surface area contributed by atoms with Crippen LogP contribution in [0.4, 0.5) is 0 Å². The highest BCUT2D eigenvalue weighted by atomic mass is 16.5. The monoisotopic (exact) mass is 330 g/mol. The van der Waals surface area contributed by atoms with Gasteiger partial charge < -0.3 is 29.6 Å². The van der Waals surface area contributed by atoms with Gasteiger partial charge in [-0.2, -0.15) is 0 Å². The Hall–Kier alpha value is -3.35. The summed E-state index contributed by atoms with van der Waals surface area (Å²) in [6.07, 6.45) is 0.262. The molecule has 0 aliphatic carbocycles. The predicted molar refractivity (Wildman–Crippen MR) is 84.9 cm³/mol. The maximum absolute atomic E-state index is 11.3. The Morgan fingerprint density at radius 1 is 1.00 bits per heavy atom. The first-order valence-electron chi connectivity index (χ1n) is 6.97. The van der Waals surface area contributed by atoms with E-state index in [0.29, 0.717) is 11.3 Å². The molecule has 0 bridgehead atoms. The molecule has 124 valence electrons. The fourth-order valence-corrected chi connectivity index (χ4v) is 2.49. The van der Waals surface area contributed by atoms with Crippen LogP contribution < -0.4 is 10.4 Å². The highest BCUT2D eigenvalue weighted by Crippen LogP contribution is 2.39. The van der Waals surface area contributed by atoms with Crippen LogP contribution in [0.1, 0.15) is 11.1 Å². The molecular formula is C17H14O7. The van der Waals surface area contributed by atoms with Crippen molar-refractivity contribution in [2.24, 2.45) is 0 Å². The Balaban J connectivity index is 2.11. The van der Waals surface area contributed by atoms with Crippen molar-refractivity contribution in [1.82, 2.24) is 0 Å². The zero-order chi connectivity index (χ0) is 17.4. The number of methoxy groups -OCH3 is 1. The van der Waals surface area contributed by atoms with Crippen LogP contribution >= 0.6 is 0 Å². The van der Waals surface area contributed by atoms with Gasteiger partial charge in [0.15, 0.2) is 17.2 Å². The second-order valence-corrected chi connectivity index (χ2v) is 5.22. The van der Waals surface area contributed by atoms with E-state index in [9.17, 15) is 25.2 Å². The van der Waals surface area contributed by atoms with E-state index in [4.69, 9.17) is 9.15 Å². The van der Waals surface area contributed by atoms with E-state index in [-0.39, 0.29) is 28.9 Å². The van der Waals surface area contributed by atoms with Gasteiger partial charge in [0.05, 0.1) is 7.11 Å². The van der Waals surface area contributed by atoms with Crippen molar-refractivity contribution in [2.45, 2.75) is 6.42 Å². The van der Waals surface area contributed by atoms with Crippen LogP contribution in [0.25, 0.3) is 11.0 Å². The molecule has 3 rings (SSSR count). The predicted octanol–water partition coefficient (Wildman–Crippen LogP) is 2.21. The molecule has 1 heterocycles. The van der Waals surface area contributed by atoms with Gasteiger partial charge in [0, 0.05) is 6.42 Å². The second-order valence-electron chi connectivity index (χ2n) is 5.22. The zero-order valence-electron chi connectivity index (χ0n) is 12.6.